The Morgan fingerprint density at radius 1 is 1.21 bits per heavy atom. The lowest BCUT2D eigenvalue weighted by Crippen LogP contribution is -2.48. The van der Waals surface area contributed by atoms with Crippen LogP contribution in [0.2, 0.25) is 0 Å². The van der Waals surface area contributed by atoms with Crippen LogP contribution in [0.5, 0.6) is 0 Å². The van der Waals surface area contributed by atoms with E-state index in [1.807, 2.05) is 37.3 Å². The molecule has 0 spiro atoms. The molecule has 24 heavy (non-hydrogen) atoms. The molecule has 1 unspecified atom stereocenters. The summed E-state index contributed by atoms with van der Waals surface area (Å²) in [5, 5.41) is 10.8. The van der Waals surface area contributed by atoms with Gasteiger partial charge in [-0.1, -0.05) is 30.3 Å². The second-order valence-corrected chi connectivity index (χ2v) is 7.49. The molecule has 1 N–H and O–H groups in total. The second kappa shape index (κ2) is 7.42. The number of carbonyl (C=O) groups is 1. The fraction of sp³-hybridized carbons (Fsp3) is 0.444. The number of carboxylic acid groups (broad SMARTS) is 1. The van der Waals surface area contributed by atoms with Crippen molar-refractivity contribution in [3.05, 3.63) is 51.5 Å². The van der Waals surface area contributed by atoms with Crippen molar-refractivity contribution in [3.63, 3.8) is 0 Å². The molecule has 128 valence electrons. The maximum Gasteiger partial charge on any atom is 0.325 e. The largest absolute Gasteiger partial charge is 0.480 e. The molecule has 1 fully saturated rings. The summed E-state index contributed by atoms with van der Waals surface area (Å²) in [5.74, 6) is -0.774. The van der Waals surface area contributed by atoms with Gasteiger partial charge in [-0.15, -0.1) is 11.3 Å². The third-order valence-corrected chi connectivity index (χ3v) is 5.55. The molecule has 2 heterocycles. The highest BCUT2D eigenvalue weighted by molar-refractivity contribution is 7.11. The third-order valence-electron chi connectivity index (χ3n) is 4.49. The van der Waals surface area contributed by atoms with Crippen LogP contribution in [0.15, 0.2) is 30.3 Å². The van der Waals surface area contributed by atoms with E-state index in [0.29, 0.717) is 0 Å². The minimum atomic E-state index is -0.774. The summed E-state index contributed by atoms with van der Waals surface area (Å²) in [4.78, 5) is 22.0. The molecule has 2 aromatic rings. The predicted molar refractivity (Wildman–Crippen MR) is 95.3 cm³/mol. The first-order valence-electron chi connectivity index (χ1n) is 8.21. The quantitative estimate of drug-likeness (QED) is 0.903. The lowest BCUT2D eigenvalue weighted by atomic mass is 10.0. The molecule has 0 bridgehead atoms. The van der Waals surface area contributed by atoms with Gasteiger partial charge in [0, 0.05) is 37.6 Å². The molecule has 1 aliphatic rings. The summed E-state index contributed by atoms with van der Waals surface area (Å²) in [6.45, 7) is 8.31. The van der Waals surface area contributed by atoms with Crippen LogP contribution in [-0.4, -0.2) is 52.0 Å². The Kier molecular flexibility index (Phi) is 5.28. The SMILES string of the molecule is Cc1nc(C)c(CN2CCN(C(C(=O)O)c3ccccc3)CC2)s1. The number of thiazole rings is 1. The first-order valence-corrected chi connectivity index (χ1v) is 9.03. The van der Waals surface area contributed by atoms with Crippen LogP contribution < -0.4 is 0 Å². The average Bonchev–Trinajstić information content (AvgIpc) is 2.87. The van der Waals surface area contributed by atoms with Gasteiger partial charge in [0.2, 0.25) is 0 Å². The Hall–Kier alpha value is -1.76. The lowest BCUT2D eigenvalue weighted by molar-refractivity contribution is -0.144. The van der Waals surface area contributed by atoms with E-state index < -0.39 is 12.0 Å². The number of hydrogen-bond donors (Lipinski definition) is 1. The van der Waals surface area contributed by atoms with E-state index in [-0.39, 0.29) is 0 Å². The summed E-state index contributed by atoms with van der Waals surface area (Å²) < 4.78 is 0. The van der Waals surface area contributed by atoms with Gasteiger partial charge in [0.1, 0.15) is 6.04 Å². The van der Waals surface area contributed by atoms with Crippen molar-refractivity contribution in [2.45, 2.75) is 26.4 Å². The number of benzene rings is 1. The zero-order chi connectivity index (χ0) is 17.1. The van der Waals surface area contributed by atoms with Crippen molar-refractivity contribution in [1.29, 1.82) is 0 Å². The molecule has 1 atom stereocenters. The van der Waals surface area contributed by atoms with Crippen LogP contribution >= 0.6 is 11.3 Å². The maximum absolute atomic E-state index is 11.8. The fourth-order valence-electron chi connectivity index (χ4n) is 3.25. The standard InChI is InChI=1S/C18H23N3O2S/c1-13-16(24-14(2)19-13)12-20-8-10-21(11-9-20)17(18(22)23)15-6-4-3-5-7-15/h3-7,17H,8-12H2,1-2H3,(H,22,23). The third kappa shape index (κ3) is 3.83. The normalized spacial score (nSPS) is 17.8. The zero-order valence-corrected chi connectivity index (χ0v) is 14.9. The molecular weight excluding hydrogens is 322 g/mol. The first-order chi connectivity index (χ1) is 11.5. The molecule has 0 aliphatic carbocycles. The lowest BCUT2D eigenvalue weighted by Gasteiger charge is -2.37. The number of aromatic nitrogens is 1. The minimum absolute atomic E-state index is 0.555. The van der Waals surface area contributed by atoms with Crippen molar-refractivity contribution in [1.82, 2.24) is 14.8 Å². The highest BCUT2D eigenvalue weighted by Gasteiger charge is 2.30. The van der Waals surface area contributed by atoms with Crippen LogP contribution in [-0.2, 0) is 11.3 Å². The van der Waals surface area contributed by atoms with Crippen molar-refractivity contribution >= 4 is 17.3 Å². The zero-order valence-electron chi connectivity index (χ0n) is 14.1. The van der Waals surface area contributed by atoms with Crippen LogP contribution in [0, 0.1) is 13.8 Å². The van der Waals surface area contributed by atoms with Gasteiger partial charge >= 0.3 is 5.97 Å². The van der Waals surface area contributed by atoms with Gasteiger partial charge in [-0.05, 0) is 19.4 Å². The molecule has 1 saturated heterocycles. The number of rotatable bonds is 5. The van der Waals surface area contributed by atoms with Crippen LogP contribution in [0.25, 0.3) is 0 Å². The van der Waals surface area contributed by atoms with Crippen molar-refractivity contribution in [2.24, 2.45) is 0 Å². The van der Waals surface area contributed by atoms with Gasteiger partial charge in [0.25, 0.3) is 0 Å². The van der Waals surface area contributed by atoms with Gasteiger partial charge < -0.3 is 5.11 Å². The van der Waals surface area contributed by atoms with Gasteiger partial charge in [-0.25, -0.2) is 4.98 Å². The van der Waals surface area contributed by atoms with Crippen LogP contribution in [0.3, 0.4) is 0 Å². The number of aliphatic carboxylic acids is 1. The summed E-state index contributed by atoms with van der Waals surface area (Å²) in [6, 6.07) is 8.95. The Balaban J connectivity index is 1.63. The molecule has 1 aromatic carbocycles. The maximum atomic E-state index is 11.8. The number of carboxylic acids is 1. The summed E-state index contributed by atoms with van der Waals surface area (Å²) in [7, 11) is 0. The summed E-state index contributed by atoms with van der Waals surface area (Å²) in [6.07, 6.45) is 0. The first kappa shape index (κ1) is 17.1. The van der Waals surface area contributed by atoms with E-state index in [2.05, 4.69) is 21.7 Å². The van der Waals surface area contributed by atoms with Gasteiger partial charge in [0.05, 0.1) is 10.7 Å². The second-order valence-electron chi connectivity index (χ2n) is 6.21. The highest BCUT2D eigenvalue weighted by Crippen LogP contribution is 2.24. The van der Waals surface area contributed by atoms with Gasteiger partial charge in [-0.3, -0.25) is 14.6 Å². The number of aryl methyl sites for hydroxylation is 2. The molecule has 0 amide bonds. The molecule has 1 aliphatic heterocycles. The van der Waals surface area contributed by atoms with E-state index in [0.717, 1.165) is 49.0 Å². The number of nitrogens with zero attached hydrogens (tertiary/aromatic N) is 3. The molecule has 1 aromatic heterocycles. The van der Waals surface area contributed by atoms with E-state index in [9.17, 15) is 9.90 Å². The Morgan fingerprint density at radius 3 is 2.42 bits per heavy atom. The Morgan fingerprint density at radius 2 is 1.88 bits per heavy atom. The van der Waals surface area contributed by atoms with E-state index >= 15 is 0 Å². The topological polar surface area (TPSA) is 56.7 Å². The Bertz CT molecular complexity index is 694. The van der Waals surface area contributed by atoms with Gasteiger partial charge in [0.15, 0.2) is 0 Å². The Labute approximate surface area is 146 Å². The number of hydrogen-bond acceptors (Lipinski definition) is 5. The van der Waals surface area contributed by atoms with Gasteiger partial charge in [-0.2, -0.15) is 0 Å². The van der Waals surface area contributed by atoms with Crippen LogP contribution in [0.1, 0.15) is 27.2 Å². The average molecular weight is 345 g/mol. The van der Waals surface area contributed by atoms with E-state index in [1.165, 1.54) is 4.88 Å². The molecule has 6 heteroatoms. The highest BCUT2D eigenvalue weighted by atomic mass is 32.1. The molecule has 3 rings (SSSR count). The van der Waals surface area contributed by atoms with E-state index in [1.54, 1.807) is 11.3 Å². The number of piperazine rings is 1. The van der Waals surface area contributed by atoms with Crippen molar-refractivity contribution in [3.8, 4) is 0 Å². The van der Waals surface area contributed by atoms with Crippen LogP contribution in [0.4, 0.5) is 0 Å². The fourth-order valence-corrected chi connectivity index (χ4v) is 4.23. The van der Waals surface area contributed by atoms with Crippen molar-refractivity contribution in [2.75, 3.05) is 26.2 Å². The molecule has 0 saturated carbocycles. The molecule has 5 nitrogen and oxygen atoms in total. The molecular formula is C18H23N3O2S. The summed E-state index contributed by atoms with van der Waals surface area (Å²) in [5.41, 5.74) is 1.97. The smallest absolute Gasteiger partial charge is 0.325 e. The van der Waals surface area contributed by atoms with Crippen molar-refractivity contribution < 1.29 is 9.90 Å². The minimum Gasteiger partial charge on any atom is -0.480 e. The molecule has 0 radical (unpaired) electrons. The monoisotopic (exact) mass is 345 g/mol. The predicted octanol–water partition coefficient (Wildman–Crippen LogP) is 2.70. The summed E-state index contributed by atoms with van der Waals surface area (Å²) >= 11 is 1.76. The van der Waals surface area contributed by atoms with E-state index in [4.69, 9.17) is 0 Å².